The van der Waals surface area contributed by atoms with Gasteiger partial charge in [-0.25, -0.2) is 0 Å². The minimum Gasteiger partial charge on any atom is -0.508 e. The van der Waals surface area contributed by atoms with Crippen LogP contribution in [0.4, 0.5) is 5.69 Å². The van der Waals surface area contributed by atoms with Crippen molar-refractivity contribution < 1.29 is 9.90 Å². The highest BCUT2D eigenvalue weighted by Gasteiger charge is 2.18. The molecule has 1 unspecified atom stereocenters. The van der Waals surface area contributed by atoms with Gasteiger partial charge in [-0.3, -0.25) is 4.79 Å². The van der Waals surface area contributed by atoms with Crippen LogP contribution in [0.25, 0.3) is 0 Å². The Hall–Kier alpha value is -1.55. The van der Waals surface area contributed by atoms with E-state index in [1.54, 1.807) is 18.2 Å². The van der Waals surface area contributed by atoms with Crippen molar-refractivity contribution in [2.45, 2.75) is 19.8 Å². The first kappa shape index (κ1) is 11.9. The molecule has 1 fully saturated rings. The summed E-state index contributed by atoms with van der Waals surface area (Å²) in [6.07, 6.45) is 1.61. The molecule has 1 amide bonds. The quantitative estimate of drug-likeness (QED) is 0.745. The SMILES string of the molecule is Cc1ccc(NC(=O)CC2CCNC2)cc1O. The second-order valence-corrected chi connectivity index (χ2v) is 4.61. The molecule has 4 heteroatoms. The first-order chi connectivity index (χ1) is 8.15. The highest BCUT2D eigenvalue weighted by atomic mass is 16.3. The highest BCUT2D eigenvalue weighted by molar-refractivity contribution is 5.91. The smallest absolute Gasteiger partial charge is 0.224 e. The molecular formula is C13H18N2O2. The first-order valence-electron chi connectivity index (χ1n) is 5.95. The summed E-state index contributed by atoms with van der Waals surface area (Å²) in [4.78, 5) is 11.7. The Morgan fingerprint density at radius 1 is 1.59 bits per heavy atom. The van der Waals surface area contributed by atoms with Crippen molar-refractivity contribution in [1.29, 1.82) is 0 Å². The molecule has 1 aliphatic heterocycles. The molecule has 3 N–H and O–H groups in total. The molecule has 1 saturated heterocycles. The molecule has 1 atom stereocenters. The minimum atomic E-state index is 0.0157. The summed E-state index contributed by atoms with van der Waals surface area (Å²) in [5.41, 5.74) is 1.46. The largest absolute Gasteiger partial charge is 0.508 e. The number of hydrogen-bond acceptors (Lipinski definition) is 3. The van der Waals surface area contributed by atoms with E-state index in [4.69, 9.17) is 0 Å². The average Bonchev–Trinajstić information content (AvgIpc) is 2.76. The summed E-state index contributed by atoms with van der Waals surface area (Å²) in [6.45, 7) is 3.75. The maximum atomic E-state index is 11.7. The number of nitrogens with one attached hydrogen (secondary N) is 2. The van der Waals surface area contributed by atoms with Crippen LogP contribution in [0.1, 0.15) is 18.4 Å². The van der Waals surface area contributed by atoms with Gasteiger partial charge in [-0.1, -0.05) is 6.07 Å². The molecule has 0 aliphatic carbocycles. The maximum Gasteiger partial charge on any atom is 0.224 e. The third-order valence-electron chi connectivity index (χ3n) is 3.13. The van der Waals surface area contributed by atoms with Crippen molar-refractivity contribution in [3.63, 3.8) is 0 Å². The average molecular weight is 234 g/mol. The molecule has 1 aromatic rings. The van der Waals surface area contributed by atoms with Crippen LogP contribution in [0.3, 0.4) is 0 Å². The van der Waals surface area contributed by atoms with Crippen molar-refractivity contribution in [3.8, 4) is 5.75 Å². The third kappa shape index (κ3) is 3.20. The molecule has 4 nitrogen and oxygen atoms in total. The Morgan fingerprint density at radius 2 is 2.41 bits per heavy atom. The normalized spacial score (nSPS) is 19.2. The standard InChI is InChI=1S/C13H18N2O2/c1-9-2-3-11(7-12(9)16)15-13(17)6-10-4-5-14-8-10/h2-3,7,10,14,16H,4-6,8H2,1H3,(H,15,17). The lowest BCUT2D eigenvalue weighted by Crippen LogP contribution is -2.18. The van der Waals surface area contributed by atoms with Crippen molar-refractivity contribution in [3.05, 3.63) is 23.8 Å². The number of aromatic hydroxyl groups is 1. The molecular weight excluding hydrogens is 216 g/mol. The van der Waals surface area contributed by atoms with Gasteiger partial charge in [0.05, 0.1) is 0 Å². The van der Waals surface area contributed by atoms with Crippen LogP contribution in [-0.2, 0) is 4.79 Å². The molecule has 0 saturated carbocycles. The Bertz CT molecular complexity index is 412. The van der Waals surface area contributed by atoms with Crippen LogP contribution < -0.4 is 10.6 Å². The highest BCUT2D eigenvalue weighted by Crippen LogP contribution is 2.21. The first-order valence-corrected chi connectivity index (χ1v) is 5.95. The number of amides is 1. The fourth-order valence-corrected chi connectivity index (χ4v) is 2.05. The van der Waals surface area contributed by atoms with E-state index in [0.717, 1.165) is 25.1 Å². The number of aryl methyl sites for hydroxylation is 1. The zero-order valence-corrected chi connectivity index (χ0v) is 9.99. The lowest BCUT2D eigenvalue weighted by molar-refractivity contribution is -0.116. The zero-order chi connectivity index (χ0) is 12.3. The van der Waals surface area contributed by atoms with E-state index in [1.165, 1.54) is 0 Å². The number of rotatable bonds is 3. The van der Waals surface area contributed by atoms with Crippen LogP contribution in [0.2, 0.25) is 0 Å². The molecule has 0 radical (unpaired) electrons. The predicted molar refractivity (Wildman–Crippen MR) is 67.1 cm³/mol. The fourth-order valence-electron chi connectivity index (χ4n) is 2.05. The number of phenolic OH excluding ortho intramolecular Hbond substituents is 1. The van der Waals surface area contributed by atoms with Crippen molar-refractivity contribution >= 4 is 11.6 Å². The lowest BCUT2D eigenvalue weighted by Gasteiger charge is -2.10. The molecule has 1 aromatic carbocycles. The molecule has 1 aliphatic rings. The Labute approximate surface area is 101 Å². The van der Waals surface area contributed by atoms with Crippen LogP contribution in [0.5, 0.6) is 5.75 Å². The topological polar surface area (TPSA) is 61.4 Å². The second-order valence-electron chi connectivity index (χ2n) is 4.61. The van der Waals surface area contributed by atoms with Gasteiger partial charge in [0.25, 0.3) is 0 Å². The Morgan fingerprint density at radius 3 is 3.06 bits per heavy atom. The molecule has 1 heterocycles. The summed E-state index contributed by atoms with van der Waals surface area (Å²) >= 11 is 0. The molecule has 0 bridgehead atoms. The Kier molecular flexibility index (Phi) is 3.64. The van der Waals surface area contributed by atoms with Crippen LogP contribution in [0, 0.1) is 12.8 Å². The monoisotopic (exact) mass is 234 g/mol. The molecule has 0 aromatic heterocycles. The van der Waals surface area contributed by atoms with Crippen LogP contribution in [0.15, 0.2) is 18.2 Å². The number of phenols is 1. The van der Waals surface area contributed by atoms with E-state index in [0.29, 0.717) is 18.0 Å². The van der Waals surface area contributed by atoms with Gasteiger partial charge in [-0.2, -0.15) is 0 Å². The summed E-state index contributed by atoms with van der Waals surface area (Å²) in [5, 5.41) is 15.6. The van der Waals surface area contributed by atoms with Crippen molar-refractivity contribution in [2.75, 3.05) is 18.4 Å². The summed E-state index contributed by atoms with van der Waals surface area (Å²) < 4.78 is 0. The molecule has 0 spiro atoms. The van der Waals surface area contributed by atoms with E-state index in [-0.39, 0.29) is 11.7 Å². The van der Waals surface area contributed by atoms with Crippen molar-refractivity contribution in [1.82, 2.24) is 5.32 Å². The Balaban J connectivity index is 1.90. The summed E-state index contributed by atoms with van der Waals surface area (Å²) in [5.74, 6) is 0.668. The summed E-state index contributed by atoms with van der Waals surface area (Å²) in [7, 11) is 0. The van der Waals surface area contributed by atoms with Gasteiger partial charge < -0.3 is 15.7 Å². The van der Waals surface area contributed by atoms with Gasteiger partial charge in [0, 0.05) is 18.2 Å². The van der Waals surface area contributed by atoms with Gasteiger partial charge in [-0.15, -0.1) is 0 Å². The summed E-state index contributed by atoms with van der Waals surface area (Å²) in [6, 6.07) is 5.18. The number of anilines is 1. The third-order valence-corrected chi connectivity index (χ3v) is 3.13. The number of hydrogen-bond donors (Lipinski definition) is 3. The van der Waals surface area contributed by atoms with E-state index >= 15 is 0 Å². The van der Waals surface area contributed by atoms with Gasteiger partial charge in [-0.05, 0) is 44.0 Å². The number of carbonyl (C=O) groups is 1. The lowest BCUT2D eigenvalue weighted by atomic mass is 10.0. The van der Waals surface area contributed by atoms with Gasteiger partial charge >= 0.3 is 0 Å². The maximum absolute atomic E-state index is 11.7. The van der Waals surface area contributed by atoms with Gasteiger partial charge in [0.1, 0.15) is 5.75 Å². The van der Waals surface area contributed by atoms with E-state index in [1.807, 2.05) is 6.92 Å². The fraction of sp³-hybridized carbons (Fsp3) is 0.462. The molecule has 17 heavy (non-hydrogen) atoms. The van der Waals surface area contributed by atoms with E-state index in [9.17, 15) is 9.90 Å². The van der Waals surface area contributed by atoms with E-state index in [2.05, 4.69) is 10.6 Å². The van der Waals surface area contributed by atoms with Crippen LogP contribution in [-0.4, -0.2) is 24.1 Å². The minimum absolute atomic E-state index is 0.0157. The predicted octanol–water partition coefficient (Wildman–Crippen LogP) is 1.64. The molecule has 2 rings (SSSR count). The van der Waals surface area contributed by atoms with Crippen molar-refractivity contribution in [2.24, 2.45) is 5.92 Å². The zero-order valence-electron chi connectivity index (χ0n) is 9.99. The van der Waals surface area contributed by atoms with Gasteiger partial charge in [0.15, 0.2) is 0 Å². The van der Waals surface area contributed by atoms with Crippen LogP contribution >= 0.6 is 0 Å². The number of carbonyl (C=O) groups excluding carboxylic acids is 1. The van der Waals surface area contributed by atoms with E-state index < -0.39 is 0 Å². The number of benzene rings is 1. The van der Waals surface area contributed by atoms with Gasteiger partial charge in [0.2, 0.25) is 5.91 Å². The second kappa shape index (κ2) is 5.19. The molecule has 92 valence electrons.